The molecule has 3 heterocycles. The van der Waals surface area contributed by atoms with Crippen molar-refractivity contribution < 1.29 is 27.0 Å². The molecule has 6 rings (SSSR count). The number of hydrogen-bond acceptors (Lipinski definition) is 6. The fourth-order valence-electron chi connectivity index (χ4n) is 6.95. The minimum absolute atomic E-state index is 0.0253. The normalized spacial score (nSPS) is 19.6. The third-order valence-corrected chi connectivity index (χ3v) is 11.6. The van der Waals surface area contributed by atoms with Crippen LogP contribution in [0.5, 0.6) is 11.5 Å². The molecular formula is C37H42F2N4O4S. The SMILES string of the molecule is Cn1nc2nc1-c1cc(ccc1F)Oc1c(F)cc3[nH]ccc3c1CCS(=O)(=O)CC(C)(C)CCCC2(C)c1cccc(CCCO)c1. The molecule has 4 bridgehead atoms. The van der Waals surface area contributed by atoms with Gasteiger partial charge in [0.15, 0.2) is 33.1 Å². The van der Waals surface area contributed by atoms with E-state index in [1.165, 1.54) is 24.3 Å². The first-order chi connectivity index (χ1) is 22.8. The monoisotopic (exact) mass is 676 g/mol. The summed E-state index contributed by atoms with van der Waals surface area (Å²) >= 11 is 0. The van der Waals surface area contributed by atoms with Crippen LogP contribution in [-0.2, 0) is 35.1 Å². The van der Waals surface area contributed by atoms with E-state index in [1.54, 1.807) is 24.0 Å². The lowest BCUT2D eigenvalue weighted by atomic mass is 9.75. The summed E-state index contributed by atoms with van der Waals surface area (Å²) in [5.74, 6) is -0.521. The van der Waals surface area contributed by atoms with Crippen LogP contribution >= 0.6 is 0 Å². The number of ether oxygens (including phenoxy) is 1. The summed E-state index contributed by atoms with van der Waals surface area (Å²) in [6.45, 7) is 6.08. The molecule has 1 aliphatic heterocycles. The number of aromatic nitrogens is 4. The highest BCUT2D eigenvalue weighted by Gasteiger charge is 2.36. The Morgan fingerprint density at radius 2 is 1.85 bits per heavy atom. The predicted octanol–water partition coefficient (Wildman–Crippen LogP) is 7.43. The van der Waals surface area contributed by atoms with Crippen molar-refractivity contribution >= 4 is 20.7 Å². The Bertz CT molecular complexity index is 2070. The largest absolute Gasteiger partial charge is 0.454 e. The number of benzene rings is 3. The summed E-state index contributed by atoms with van der Waals surface area (Å²) < 4.78 is 66.1. The molecule has 2 N–H and O–H groups in total. The molecule has 48 heavy (non-hydrogen) atoms. The standard InChI is InChI=1S/C37H42F2N4O4S/c1-36(2)15-7-16-37(3,25-10-5-8-24(20-25)9-6-18-44)35-41-34(43(4)42-35)29-21-26(11-12-30(29)38)47-33-28(14-19-48(45,46)23-36)27-13-17-40-32(27)22-31(33)39/h5,8,10-13,17,20-22,40,44H,6-7,9,14-16,18-19,23H2,1-4H3. The number of aliphatic hydroxyl groups is 1. The van der Waals surface area contributed by atoms with E-state index in [9.17, 15) is 13.5 Å². The molecule has 3 aromatic carbocycles. The molecule has 0 fully saturated rings. The Morgan fingerprint density at radius 3 is 2.65 bits per heavy atom. The number of nitrogens with one attached hydrogen (secondary N) is 1. The zero-order valence-electron chi connectivity index (χ0n) is 27.8. The number of nitrogens with zero attached hydrogens (tertiary/aromatic N) is 3. The van der Waals surface area contributed by atoms with E-state index in [0.29, 0.717) is 60.2 Å². The number of rotatable bonds is 4. The molecule has 0 aliphatic carbocycles. The molecule has 2 aromatic heterocycles. The van der Waals surface area contributed by atoms with Gasteiger partial charge in [-0.25, -0.2) is 26.9 Å². The summed E-state index contributed by atoms with van der Waals surface area (Å²) in [4.78, 5) is 7.93. The Balaban J connectivity index is 1.50. The second-order valence-corrected chi connectivity index (χ2v) is 16.1. The lowest BCUT2D eigenvalue weighted by molar-refractivity contribution is 0.288. The van der Waals surface area contributed by atoms with Crippen LogP contribution in [-0.4, -0.2) is 51.4 Å². The Kier molecular flexibility index (Phi) is 9.21. The lowest BCUT2D eigenvalue weighted by Crippen LogP contribution is -2.29. The van der Waals surface area contributed by atoms with Gasteiger partial charge in [-0.05, 0) is 79.8 Å². The van der Waals surface area contributed by atoms with Gasteiger partial charge in [-0.3, -0.25) is 0 Å². The Labute approximate surface area is 280 Å². The summed E-state index contributed by atoms with van der Waals surface area (Å²) in [6.07, 6.45) is 5.00. The van der Waals surface area contributed by atoms with Crippen LogP contribution < -0.4 is 4.74 Å². The molecule has 1 aliphatic rings. The van der Waals surface area contributed by atoms with Gasteiger partial charge in [0.25, 0.3) is 0 Å². The van der Waals surface area contributed by atoms with Crippen LogP contribution in [0.3, 0.4) is 0 Å². The molecule has 1 unspecified atom stereocenters. The van der Waals surface area contributed by atoms with Crippen molar-refractivity contribution in [2.24, 2.45) is 12.5 Å². The van der Waals surface area contributed by atoms with E-state index in [1.807, 2.05) is 32.0 Å². The molecule has 0 radical (unpaired) electrons. The molecule has 0 saturated carbocycles. The van der Waals surface area contributed by atoms with Crippen molar-refractivity contribution in [1.82, 2.24) is 19.7 Å². The smallest absolute Gasteiger partial charge is 0.168 e. The number of hydrogen-bond donors (Lipinski definition) is 2. The van der Waals surface area contributed by atoms with Crippen molar-refractivity contribution in [2.75, 3.05) is 18.1 Å². The van der Waals surface area contributed by atoms with E-state index in [4.69, 9.17) is 14.8 Å². The molecular weight excluding hydrogens is 634 g/mol. The van der Waals surface area contributed by atoms with Crippen LogP contribution in [0.2, 0.25) is 0 Å². The van der Waals surface area contributed by atoms with Gasteiger partial charge < -0.3 is 14.8 Å². The predicted molar refractivity (Wildman–Crippen MR) is 183 cm³/mol. The highest BCUT2D eigenvalue weighted by atomic mass is 32.2. The lowest BCUT2D eigenvalue weighted by Gasteiger charge is -2.30. The molecule has 0 spiro atoms. The third kappa shape index (κ3) is 6.89. The van der Waals surface area contributed by atoms with Crippen molar-refractivity contribution in [2.45, 2.75) is 64.7 Å². The van der Waals surface area contributed by atoms with E-state index in [2.05, 4.69) is 18.0 Å². The first-order valence-electron chi connectivity index (χ1n) is 16.4. The highest BCUT2D eigenvalue weighted by Crippen LogP contribution is 2.41. The van der Waals surface area contributed by atoms with Gasteiger partial charge in [0.05, 0.1) is 22.5 Å². The number of sulfone groups is 1. The third-order valence-electron chi connectivity index (χ3n) is 9.51. The van der Waals surface area contributed by atoms with Crippen molar-refractivity contribution in [3.05, 3.63) is 94.9 Å². The average molecular weight is 677 g/mol. The maximum absolute atomic E-state index is 15.6. The molecule has 0 saturated heterocycles. The Morgan fingerprint density at radius 1 is 1.04 bits per heavy atom. The maximum atomic E-state index is 15.6. The minimum atomic E-state index is -3.56. The van der Waals surface area contributed by atoms with Crippen LogP contribution in [0.4, 0.5) is 8.78 Å². The number of aromatic amines is 1. The van der Waals surface area contributed by atoms with Gasteiger partial charge in [0, 0.05) is 42.4 Å². The van der Waals surface area contributed by atoms with Gasteiger partial charge >= 0.3 is 0 Å². The molecule has 11 heteroatoms. The van der Waals surface area contributed by atoms with E-state index >= 15 is 8.78 Å². The first-order valence-corrected chi connectivity index (χ1v) is 18.2. The minimum Gasteiger partial charge on any atom is -0.454 e. The molecule has 254 valence electrons. The van der Waals surface area contributed by atoms with Crippen molar-refractivity contribution in [3.63, 3.8) is 0 Å². The summed E-state index contributed by atoms with van der Waals surface area (Å²) in [6, 6.07) is 15.4. The van der Waals surface area contributed by atoms with Crippen molar-refractivity contribution in [1.29, 1.82) is 0 Å². The van der Waals surface area contributed by atoms with Crippen LogP contribution in [0.15, 0.2) is 60.8 Å². The number of aliphatic hydroxyl groups excluding tert-OH is 1. The molecule has 5 aromatic rings. The number of fused-ring (bicyclic) bond motifs is 8. The topological polar surface area (TPSA) is 110 Å². The number of halogens is 2. The number of H-pyrrole nitrogens is 1. The molecule has 8 nitrogen and oxygen atoms in total. The zero-order valence-corrected chi connectivity index (χ0v) is 28.6. The van der Waals surface area contributed by atoms with Gasteiger partial charge in [-0.2, -0.15) is 5.10 Å². The van der Waals surface area contributed by atoms with Crippen molar-refractivity contribution in [3.8, 4) is 22.9 Å². The van der Waals surface area contributed by atoms with Gasteiger partial charge in [-0.1, -0.05) is 44.5 Å². The average Bonchev–Trinajstić information content (AvgIpc) is 3.66. The van der Waals surface area contributed by atoms with Crippen LogP contribution in [0, 0.1) is 17.0 Å². The molecule has 1 atom stereocenters. The summed E-state index contributed by atoms with van der Waals surface area (Å²) in [7, 11) is -1.84. The number of aryl methyl sites for hydroxylation is 3. The summed E-state index contributed by atoms with van der Waals surface area (Å²) in [5.41, 5.74) is 1.92. The first kappa shape index (κ1) is 33.8. The van der Waals surface area contributed by atoms with Gasteiger partial charge in [0.2, 0.25) is 0 Å². The second-order valence-electron chi connectivity index (χ2n) is 14.0. The van der Waals surface area contributed by atoms with Crippen LogP contribution in [0.25, 0.3) is 22.3 Å². The van der Waals surface area contributed by atoms with E-state index < -0.39 is 32.3 Å². The highest BCUT2D eigenvalue weighted by molar-refractivity contribution is 7.91. The Hall–Kier alpha value is -4.09. The van der Waals surface area contributed by atoms with Crippen LogP contribution in [0.1, 0.15) is 69.0 Å². The van der Waals surface area contributed by atoms with Gasteiger partial charge in [0.1, 0.15) is 11.6 Å². The zero-order chi connectivity index (χ0) is 34.3. The maximum Gasteiger partial charge on any atom is 0.168 e. The second kappa shape index (κ2) is 13.1. The van der Waals surface area contributed by atoms with E-state index in [-0.39, 0.29) is 41.6 Å². The molecule has 0 amide bonds. The summed E-state index contributed by atoms with van der Waals surface area (Å²) in [5, 5.41) is 14.9. The fraction of sp³-hybridized carbons (Fsp3) is 0.405. The fourth-order valence-corrected chi connectivity index (χ4v) is 8.94. The van der Waals surface area contributed by atoms with Gasteiger partial charge in [-0.15, -0.1) is 0 Å². The quantitative estimate of drug-likeness (QED) is 0.205. The van der Waals surface area contributed by atoms with E-state index in [0.717, 1.165) is 11.1 Å².